The van der Waals surface area contributed by atoms with Gasteiger partial charge >= 0.3 is 0 Å². The van der Waals surface area contributed by atoms with E-state index in [1.54, 1.807) is 18.2 Å². The first-order valence-corrected chi connectivity index (χ1v) is 7.07. The quantitative estimate of drug-likeness (QED) is 0.612. The second-order valence-electron chi connectivity index (χ2n) is 5.36. The van der Waals surface area contributed by atoms with Crippen LogP contribution in [0.3, 0.4) is 0 Å². The fourth-order valence-electron chi connectivity index (χ4n) is 3.07. The molecule has 5 heteroatoms. The molecule has 4 nitrogen and oxygen atoms in total. The van der Waals surface area contributed by atoms with Gasteiger partial charge in [0.2, 0.25) is 6.08 Å². The molecular formula is C16H20FNO3. The molecule has 1 aromatic carbocycles. The van der Waals surface area contributed by atoms with Crippen LogP contribution < -0.4 is 9.47 Å². The molecular weight excluding hydrogens is 273 g/mol. The highest BCUT2D eigenvalue weighted by Gasteiger charge is 2.37. The van der Waals surface area contributed by atoms with Gasteiger partial charge in [0.1, 0.15) is 6.17 Å². The van der Waals surface area contributed by atoms with Gasteiger partial charge in [0.15, 0.2) is 11.5 Å². The Labute approximate surface area is 124 Å². The summed E-state index contributed by atoms with van der Waals surface area (Å²) in [5, 5.41) is 0. The van der Waals surface area contributed by atoms with E-state index in [9.17, 15) is 9.18 Å². The van der Waals surface area contributed by atoms with Crippen LogP contribution in [-0.4, -0.2) is 20.3 Å². The molecule has 0 amide bonds. The molecule has 1 aliphatic rings. The lowest BCUT2D eigenvalue weighted by atomic mass is 9.87. The molecule has 0 spiro atoms. The highest BCUT2D eigenvalue weighted by Crippen LogP contribution is 2.47. The fourth-order valence-corrected chi connectivity index (χ4v) is 3.07. The minimum atomic E-state index is -1.20. The molecule has 1 aliphatic carbocycles. The Kier molecular flexibility index (Phi) is 4.63. The van der Waals surface area contributed by atoms with Crippen molar-refractivity contribution >= 4 is 6.08 Å². The van der Waals surface area contributed by atoms with Gasteiger partial charge in [0.25, 0.3) is 0 Å². The van der Waals surface area contributed by atoms with Gasteiger partial charge < -0.3 is 9.47 Å². The molecule has 0 bridgehead atoms. The van der Waals surface area contributed by atoms with Gasteiger partial charge in [-0.3, -0.25) is 0 Å². The summed E-state index contributed by atoms with van der Waals surface area (Å²) in [7, 11) is 3.00. The molecule has 114 valence electrons. The Hall–Kier alpha value is -1.87. The minimum Gasteiger partial charge on any atom is -0.493 e. The van der Waals surface area contributed by atoms with Gasteiger partial charge in [-0.1, -0.05) is 12.8 Å². The smallest absolute Gasteiger partial charge is 0.235 e. The highest BCUT2D eigenvalue weighted by atomic mass is 19.1. The number of benzene rings is 1. The lowest BCUT2D eigenvalue weighted by molar-refractivity contribution is 0.321. The molecule has 0 N–H and O–H groups in total. The molecule has 0 aromatic heterocycles. The zero-order chi connectivity index (χ0) is 15.5. The van der Waals surface area contributed by atoms with E-state index in [0.717, 1.165) is 31.2 Å². The largest absolute Gasteiger partial charge is 0.493 e. The second-order valence-corrected chi connectivity index (χ2v) is 5.36. The maximum atomic E-state index is 13.9. The van der Waals surface area contributed by atoms with Crippen LogP contribution in [0.25, 0.3) is 0 Å². The summed E-state index contributed by atoms with van der Waals surface area (Å²) in [6.45, 7) is 1.45. The van der Waals surface area contributed by atoms with Crippen LogP contribution in [0.1, 0.15) is 49.9 Å². The van der Waals surface area contributed by atoms with E-state index in [1.165, 1.54) is 21.1 Å². The van der Waals surface area contributed by atoms with E-state index in [-0.39, 0.29) is 0 Å². The number of ether oxygens (including phenoxy) is 2. The average molecular weight is 293 g/mol. The molecule has 21 heavy (non-hydrogen) atoms. The average Bonchev–Trinajstić information content (AvgIpc) is 2.95. The molecule has 0 saturated heterocycles. The number of hydrogen-bond donors (Lipinski definition) is 0. The lowest BCUT2D eigenvalue weighted by Gasteiger charge is -2.25. The molecule has 1 aromatic rings. The van der Waals surface area contributed by atoms with Crippen LogP contribution >= 0.6 is 0 Å². The SMILES string of the molecule is COc1cc(C2(N=C=O)CCCC2)cc(C(C)F)c1OC. The number of methoxy groups -OCH3 is 2. The molecule has 1 fully saturated rings. The maximum Gasteiger partial charge on any atom is 0.235 e. The van der Waals surface area contributed by atoms with E-state index in [2.05, 4.69) is 4.99 Å². The van der Waals surface area contributed by atoms with E-state index in [0.29, 0.717) is 17.1 Å². The van der Waals surface area contributed by atoms with Gasteiger partial charge in [0.05, 0.1) is 19.8 Å². The Morgan fingerprint density at radius 1 is 1.29 bits per heavy atom. The van der Waals surface area contributed by atoms with Crippen molar-refractivity contribution in [3.05, 3.63) is 23.3 Å². The number of aliphatic imine (C=N–C) groups is 1. The number of isocyanates is 1. The monoisotopic (exact) mass is 293 g/mol. The van der Waals surface area contributed by atoms with Crippen LogP contribution in [0.15, 0.2) is 17.1 Å². The van der Waals surface area contributed by atoms with Crippen molar-refractivity contribution in [1.82, 2.24) is 0 Å². The maximum absolute atomic E-state index is 13.9. The van der Waals surface area contributed by atoms with Crippen molar-refractivity contribution in [2.45, 2.75) is 44.3 Å². The Morgan fingerprint density at radius 2 is 1.95 bits per heavy atom. The van der Waals surface area contributed by atoms with E-state index in [4.69, 9.17) is 9.47 Å². The third-order valence-electron chi connectivity index (χ3n) is 4.16. The van der Waals surface area contributed by atoms with Crippen molar-refractivity contribution in [2.24, 2.45) is 4.99 Å². The van der Waals surface area contributed by atoms with Gasteiger partial charge in [0, 0.05) is 5.56 Å². The summed E-state index contributed by atoms with van der Waals surface area (Å²) in [6, 6.07) is 3.52. The van der Waals surface area contributed by atoms with Crippen molar-refractivity contribution in [2.75, 3.05) is 14.2 Å². The van der Waals surface area contributed by atoms with Crippen LogP contribution in [0, 0.1) is 0 Å². The summed E-state index contributed by atoms with van der Waals surface area (Å²) >= 11 is 0. The molecule has 1 saturated carbocycles. The lowest BCUT2D eigenvalue weighted by Crippen LogP contribution is -2.19. The summed E-state index contributed by atoms with van der Waals surface area (Å²) in [6.07, 6.45) is 3.97. The third-order valence-corrected chi connectivity index (χ3v) is 4.16. The van der Waals surface area contributed by atoms with E-state index >= 15 is 0 Å². The summed E-state index contributed by atoms with van der Waals surface area (Å²) < 4.78 is 24.5. The first-order chi connectivity index (χ1) is 10.1. The van der Waals surface area contributed by atoms with Crippen molar-refractivity contribution in [1.29, 1.82) is 0 Å². The number of halogens is 1. The van der Waals surface area contributed by atoms with Crippen molar-refractivity contribution in [3.63, 3.8) is 0 Å². The predicted molar refractivity (Wildman–Crippen MR) is 77.3 cm³/mol. The van der Waals surface area contributed by atoms with Crippen LogP contribution in [-0.2, 0) is 10.3 Å². The number of nitrogens with zero attached hydrogens (tertiary/aromatic N) is 1. The first-order valence-electron chi connectivity index (χ1n) is 7.07. The van der Waals surface area contributed by atoms with Crippen LogP contribution in [0.4, 0.5) is 4.39 Å². The minimum absolute atomic E-state index is 0.388. The standard InChI is InChI=1S/C16H20FNO3/c1-11(17)13-8-12(9-14(20-2)15(13)21-3)16(18-10-19)6-4-5-7-16/h8-9,11H,4-7H2,1-3H3. The number of carbonyl (C=O) groups excluding carboxylic acids is 1. The van der Waals surface area contributed by atoms with Gasteiger partial charge in [-0.25, -0.2) is 9.18 Å². The fraction of sp³-hybridized carbons (Fsp3) is 0.562. The van der Waals surface area contributed by atoms with Crippen LogP contribution in [0.5, 0.6) is 11.5 Å². The Morgan fingerprint density at radius 3 is 2.43 bits per heavy atom. The molecule has 2 rings (SSSR count). The molecule has 0 radical (unpaired) electrons. The zero-order valence-corrected chi connectivity index (χ0v) is 12.6. The topological polar surface area (TPSA) is 47.9 Å². The number of hydrogen-bond acceptors (Lipinski definition) is 4. The Balaban J connectivity index is 2.63. The second kappa shape index (κ2) is 6.27. The first kappa shape index (κ1) is 15.5. The molecule has 1 unspecified atom stereocenters. The number of alkyl halides is 1. The Bertz CT molecular complexity index is 559. The van der Waals surface area contributed by atoms with Crippen molar-refractivity contribution in [3.8, 4) is 11.5 Å². The van der Waals surface area contributed by atoms with Crippen LogP contribution in [0.2, 0.25) is 0 Å². The van der Waals surface area contributed by atoms with E-state index in [1.807, 2.05) is 0 Å². The third kappa shape index (κ3) is 2.79. The summed E-state index contributed by atoms with van der Waals surface area (Å²) in [5.74, 6) is 0.848. The van der Waals surface area contributed by atoms with Gasteiger partial charge in [-0.15, -0.1) is 0 Å². The van der Waals surface area contributed by atoms with Crippen molar-refractivity contribution < 1.29 is 18.7 Å². The molecule has 0 aliphatic heterocycles. The molecule has 1 atom stereocenters. The van der Waals surface area contributed by atoms with E-state index < -0.39 is 11.7 Å². The summed E-state index contributed by atoms with van der Waals surface area (Å²) in [5.41, 5.74) is 0.602. The predicted octanol–water partition coefficient (Wildman–Crippen LogP) is 3.84. The number of rotatable bonds is 5. The zero-order valence-electron chi connectivity index (χ0n) is 12.6. The van der Waals surface area contributed by atoms with Gasteiger partial charge in [-0.2, -0.15) is 4.99 Å². The van der Waals surface area contributed by atoms with Gasteiger partial charge in [-0.05, 0) is 37.5 Å². The normalized spacial score (nSPS) is 17.9. The highest BCUT2D eigenvalue weighted by molar-refractivity contribution is 5.53. The summed E-state index contributed by atoms with van der Waals surface area (Å²) in [4.78, 5) is 14.8. The molecule has 0 heterocycles.